The minimum atomic E-state index is -4.72. The molecule has 0 saturated carbocycles. The van der Waals surface area contributed by atoms with Crippen LogP contribution < -0.4 is 63.1 Å². The summed E-state index contributed by atoms with van der Waals surface area (Å²) in [7, 11) is -17.7. The molecule has 16 rings (SSSR count). The van der Waals surface area contributed by atoms with Crippen LogP contribution in [0.2, 0.25) is 0 Å². The second-order valence-electron chi connectivity index (χ2n) is 26.1. The van der Waals surface area contributed by atoms with Crippen molar-refractivity contribution in [1.29, 1.82) is 0 Å². The first-order valence-corrected chi connectivity index (χ1v) is 40.2. The van der Waals surface area contributed by atoms with Gasteiger partial charge < -0.3 is 57.5 Å². The maximum atomic E-state index is 15.6. The second-order valence-corrected chi connectivity index (χ2v) is 32.3. The van der Waals surface area contributed by atoms with Gasteiger partial charge in [-0.05, 0) is 24.3 Å². The van der Waals surface area contributed by atoms with Crippen LogP contribution in [-0.2, 0) is 99.8 Å². The SMILES string of the molecule is O=Cc1cn([C@@H]2O[C@](F)(COP3(=O)OCc4ccccc4O3)C[C@H]2O)c(=O)[nH]c1=O.[2H]C([2H])(OP1(=O)OCc2ccccc2O1)[C@]1(F)C[C@@H](O)[C@H](n2cc(C=O)c(=O)[nH]c2=O)O1.[2H]C([2H])(OP1(=O)OCc2ccccc2O1)[C@]1(F)C[C@@H](O)[C@]([2H])(n2cc(C=O)c(=O)[nH]c2=O)O1.[2H][C@@]1(n2cc(C=O)c(=O)[nH]c2=O)O[C@](F)(COP2(=O)OCc3ccccc3O2)C[C@H]1O. The zero-order chi connectivity index (χ0) is 91.5. The number of fused-ring (bicyclic) bond motifs is 4. The third kappa shape index (κ3) is 19.6. The maximum absolute atomic E-state index is 15.6. The molecule has 4 aromatic carbocycles. The van der Waals surface area contributed by atoms with Crippen LogP contribution in [0.1, 0.15) is 122 Å². The quantitative estimate of drug-likeness (QED) is 0.0302. The molecule has 4 fully saturated rings. The maximum Gasteiger partial charge on any atom is 0.530 e. The van der Waals surface area contributed by atoms with E-state index in [9.17, 15) is 96.2 Å². The Labute approximate surface area is 673 Å². The lowest BCUT2D eigenvalue weighted by Crippen LogP contribution is -2.37. The first kappa shape index (κ1) is 79.3. The molecule has 4 aromatic heterocycles. The molecule has 0 radical (unpaired) electrons. The van der Waals surface area contributed by atoms with Gasteiger partial charge >= 0.3 is 54.0 Å². The van der Waals surface area contributed by atoms with E-state index >= 15 is 17.6 Å². The van der Waals surface area contributed by atoms with Crippen LogP contribution in [0.15, 0.2) is 160 Å². The highest BCUT2D eigenvalue weighted by atomic mass is 31.2. The zero-order valence-corrected chi connectivity index (χ0v) is 63.9. The highest BCUT2D eigenvalue weighted by Gasteiger charge is 2.55. The number of phosphoric ester groups is 4. The number of aliphatic hydroxyl groups excluding tert-OH is 4. The Hall–Kier alpha value is -10.5. The third-order valence-corrected chi connectivity index (χ3v) is 22.5. The number of benzene rings is 4. The van der Waals surface area contributed by atoms with E-state index in [1.165, 1.54) is 18.2 Å². The van der Waals surface area contributed by atoms with Crippen molar-refractivity contribution < 1.29 is 157 Å². The fourth-order valence-electron chi connectivity index (χ4n) is 11.8. The van der Waals surface area contributed by atoms with Crippen LogP contribution in [0.3, 0.4) is 0 Å². The highest BCUT2D eigenvalue weighted by molar-refractivity contribution is 7.49. The predicted octanol–water partition coefficient (Wildman–Crippen LogP) is 4.11. The number of nitrogens with zero attached hydrogens (tertiary/aromatic N) is 4. The molecule has 120 heavy (non-hydrogen) atoms. The minimum Gasteiger partial charge on any atom is -0.404 e. The number of H-pyrrole nitrogens is 4. The number of halogens is 4. The number of ether oxygens (including phenoxy) is 4. The summed E-state index contributed by atoms with van der Waals surface area (Å²) >= 11 is 0. The zero-order valence-electron chi connectivity index (χ0n) is 66.3. The number of carbonyl (C=O) groups excluding carboxylic acids is 4. The molecule has 640 valence electrons. The van der Waals surface area contributed by atoms with Gasteiger partial charge in [-0.3, -0.25) is 113 Å². The summed E-state index contributed by atoms with van der Waals surface area (Å²) in [5.74, 6) is -11.9. The van der Waals surface area contributed by atoms with Gasteiger partial charge in [0, 0.05) is 72.7 Å². The molecule has 8 aromatic rings. The molecule has 12 heterocycles. The topological polar surface area (TPSA) is 585 Å². The number of aliphatic hydroxyl groups is 4. The van der Waals surface area contributed by atoms with Crippen LogP contribution >= 0.6 is 31.3 Å². The van der Waals surface area contributed by atoms with Gasteiger partial charge in [-0.15, -0.1) is 0 Å². The summed E-state index contributed by atoms with van der Waals surface area (Å²) in [5.41, 5.74) is -8.64. The van der Waals surface area contributed by atoms with Gasteiger partial charge in [-0.2, -0.15) is 0 Å². The molecule has 16 atom stereocenters. The van der Waals surface area contributed by atoms with Crippen molar-refractivity contribution in [2.45, 2.75) is 125 Å². The molecular weight excluding hydrogens is 1700 g/mol. The molecule has 0 spiro atoms. The number of aromatic amines is 4. The van der Waals surface area contributed by atoms with E-state index < -0.39 is 223 Å². The Bertz CT molecular complexity index is 6370. The van der Waals surface area contributed by atoms with E-state index in [1.807, 2.05) is 4.98 Å². The number of nitrogens with one attached hydrogen (secondary N) is 4. The molecule has 0 amide bonds. The van der Waals surface area contributed by atoms with Crippen molar-refractivity contribution >= 4 is 56.4 Å². The van der Waals surface area contributed by atoms with Crippen molar-refractivity contribution in [2.24, 2.45) is 0 Å². The Morgan fingerprint density at radius 3 is 0.975 bits per heavy atom. The first-order chi connectivity index (χ1) is 59.1. The molecule has 52 heteroatoms. The average molecular weight is 1780 g/mol. The Morgan fingerprint density at radius 2 is 0.642 bits per heavy atom. The summed E-state index contributed by atoms with van der Waals surface area (Å²) in [6, 6.07) is 25.7. The lowest BCUT2D eigenvalue weighted by Gasteiger charge is -2.27. The fraction of sp³-hybridized carbons (Fsp3) is 0.353. The number of aromatic nitrogens is 8. The van der Waals surface area contributed by atoms with Crippen molar-refractivity contribution in [2.75, 3.05) is 26.3 Å². The summed E-state index contributed by atoms with van der Waals surface area (Å²) in [5, 5.41) is 41.0. The van der Waals surface area contributed by atoms with Crippen LogP contribution in [0, 0.1) is 0 Å². The molecular formula is C68H64F4N8O36P4. The monoisotopic (exact) mass is 1770 g/mol. The van der Waals surface area contributed by atoms with Gasteiger partial charge in [-0.25, -0.2) is 55.0 Å². The van der Waals surface area contributed by atoms with E-state index in [4.69, 9.17) is 81.5 Å². The summed E-state index contributed by atoms with van der Waals surface area (Å²) in [4.78, 5) is 145. The molecule has 8 N–H and O–H groups in total. The molecule has 4 unspecified atom stereocenters. The Balaban J connectivity index is 0.000000144. The van der Waals surface area contributed by atoms with Gasteiger partial charge in [0.05, 0.1) is 56.9 Å². The summed E-state index contributed by atoms with van der Waals surface area (Å²) in [6.07, 6.45) is -17.1. The van der Waals surface area contributed by atoms with Crippen molar-refractivity contribution in [3.05, 3.63) is 250 Å². The molecule has 44 nitrogen and oxygen atoms in total. The van der Waals surface area contributed by atoms with E-state index in [0.717, 1.165) is 12.4 Å². The standard InChI is InChI=1S/4C17H16FN2O9P/c4*18-17(9-27-30(25)26-8-10-3-1-2-4-13(10)29-30)5-12(22)15(28-17)20-6-11(7-21)14(23)19-16(20)24/h4*1-4,6-7,12,15,22H,5,8-9H2,(H,19,23,24)/t4*12-,15-,17+,30?/m1111/s1/i9D2,15D;15D;9D2;. The Kier molecular flexibility index (Phi) is 23.1. The summed E-state index contributed by atoms with van der Waals surface area (Å²) in [6.45, 7) is -9.84. The van der Waals surface area contributed by atoms with Gasteiger partial charge in [0.1, 0.15) is 73.7 Å². The Morgan fingerprint density at radius 1 is 0.392 bits per heavy atom. The van der Waals surface area contributed by atoms with E-state index in [2.05, 4.69) is 0 Å². The van der Waals surface area contributed by atoms with Crippen LogP contribution in [0.25, 0.3) is 0 Å². The summed E-state index contributed by atoms with van der Waals surface area (Å²) < 4.78 is 243. The van der Waals surface area contributed by atoms with Crippen LogP contribution in [-0.4, -0.2) is 158 Å². The number of aldehydes is 4. The minimum absolute atomic E-state index is 0.0474. The van der Waals surface area contributed by atoms with E-state index in [-0.39, 0.29) is 79.1 Å². The van der Waals surface area contributed by atoms with Gasteiger partial charge in [0.25, 0.3) is 22.2 Å². The lowest BCUT2D eigenvalue weighted by atomic mass is 10.2. The lowest BCUT2D eigenvalue weighted by molar-refractivity contribution is -0.179. The highest BCUT2D eigenvalue weighted by Crippen LogP contribution is 2.60. The van der Waals surface area contributed by atoms with Crippen LogP contribution in [0.5, 0.6) is 23.0 Å². The largest absolute Gasteiger partial charge is 0.530 e. The average Bonchev–Trinajstić information content (AvgIpc) is 1.55. The van der Waals surface area contributed by atoms with E-state index in [1.54, 1.807) is 93.8 Å². The van der Waals surface area contributed by atoms with Crippen molar-refractivity contribution in [1.82, 2.24) is 38.2 Å². The van der Waals surface area contributed by atoms with E-state index in [0.29, 0.717) is 48.3 Å². The van der Waals surface area contributed by atoms with Gasteiger partial charge in [-0.1, -0.05) is 72.8 Å². The van der Waals surface area contributed by atoms with Gasteiger partial charge in [0.2, 0.25) is 23.4 Å². The number of hydrogen-bond acceptors (Lipinski definition) is 36. The molecule has 8 aliphatic heterocycles. The smallest absolute Gasteiger partial charge is 0.404 e. The number of carbonyl (C=O) groups is 4. The predicted molar refractivity (Wildman–Crippen MR) is 387 cm³/mol. The number of alkyl halides is 4. The molecule has 4 saturated heterocycles. The fourth-order valence-corrected chi connectivity index (χ4v) is 16.5. The number of phosphoric acid groups is 4. The third-order valence-electron chi connectivity index (χ3n) is 17.6. The van der Waals surface area contributed by atoms with Crippen molar-refractivity contribution in [3.8, 4) is 23.0 Å². The number of hydrogen-bond donors (Lipinski definition) is 8. The normalized spacial score (nSPS) is 32.7. The molecule has 8 aliphatic rings. The first-order valence-electron chi connectivity index (χ1n) is 37.4. The van der Waals surface area contributed by atoms with Crippen molar-refractivity contribution in [3.63, 3.8) is 0 Å². The second kappa shape index (κ2) is 34.9. The van der Waals surface area contributed by atoms with Crippen LogP contribution in [0.4, 0.5) is 17.6 Å². The number of rotatable bonds is 20. The van der Waals surface area contributed by atoms with Gasteiger partial charge in [0.15, 0.2) is 50.0 Å². The molecule has 0 aliphatic carbocycles. The molecule has 0 bridgehead atoms. The number of para-hydroxylation sites is 4.